The summed E-state index contributed by atoms with van der Waals surface area (Å²) in [7, 11) is -3.15. The van der Waals surface area contributed by atoms with Gasteiger partial charge in [-0.2, -0.15) is 0 Å². The highest BCUT2D eigenvalue weighted by molar-refractivity contribution is 7.99. The molecule has 0 aliphatic rings. The molecule has 112 valence electrons. The van der Waals surface area contributed by atoms with Gasteiger partial charge in [-0.15, -0.1) is 0 Å². The van der Waals surface area contributed by atoms with E-state index in [4.69, 9.17) is 5.73 Å². The summed E-state index contributed by atoms with van der Waals surface area (Å²) in [4.78, 5) is 6.65. The van der Waals surface area contributed by atoms with Crippen LogP contribution in [0.25, 0.3) is 0 Å². The van der Waals surface area contributed by atoms with Crippen LogP contribution in [0.2, 0.25) is 0 Å². The summed E-state index contributed by atoms with van der Waals surface area (Å²) >= 11 is 1.54. The number of aromatic nitrogens is 1. The molecule has 0 amide bonds. The van der Waals surface area contributed by atoms with Crippen molar-refractivity contribution in [2.75, 3.05) is 6.26 Å². The van der Waals surface area contributed by atoms with Gasteiger partial charge in [0, 0.05) is 28.3 Å². The van der Waals surface area contributed by atoms with Crippen molar-refractivity contribution >= 4 is 21.6 Å². The van der Waals surface area contributed by atoms with Gasteiger partial charge >= 0.3 is 0 Å². The van der Waals surface area contributed by atoms with Crippen molar-refractivity contribution in [1.82, 2.24) is 4.98 Å². The summed E-state index contributed by atoms with van der Waals surface area (Å²) < 4.78 is 22.8. The zero-order valence-corrected chi connectivity index (χ0v) is 13.6. The Bertz CT molecular complexity index is 695. The van der Waals surface area contributed by atoms with Crippen molar-refractivity contribution in [3.8, 4) is 0 Å². The molecular formula is C15H18N2O2S2. The first-order valence-electron chi connectivity index (χ1n) is 6.59. The molecule has 0 radical (unpaired) electrons. The van der Waals surface area contributed by atoms with E-state index in [-0.39, 0.29) is 6.04 Å². The number of sulfone groups is 1. The zero-order valence-electron chi connectivity index (χ0n) is 12.0. The predicted octanol–water partition coefficient (Wildman–Crippen LogP) is 3.05. The fraction of sp³-hybridized carbons (Fsp3) is 0.267. The van der Waals surface area contributed by atoms with E-state index >= 15 is 0 Å². The molecule has 6 heteroatoms. The molecule has 1 aromatic carbocycles. The minimum atomic E-state index is -3.15. The number of nitrogens with zero attached hydrogens (tertiary/aromatic N) is 1. The van der Waals surface area contributed by atoms with Gasteiger partial charge in [-0.3, -0.25) is 4.98 Å². The summed E-state index contributed by atoms with van der Waals surface area (Å²) in [5.41, 5.74) is 6.81. The minimum Gasteiger partial charge on any atom is -0.323 e. The van der Waals surface area contributed by atoms with Gasteiger partial charge in [0.15, 0.2) is 9.84 Å². The first kappa shape index (κ1) is 16.0. The maximum atomic E-state index is 11.4. The van der Waals surface area contributed by atoms with Gasteiger partial charge in [0.05, 0.1) is 10.6 Å². The number of hydrogen-bond acceptors (Lipinski definition) is 5. The van der Waals surface area contributed by atoms with Crippen LogP contribution in [-0.2, 0) is 9.84 Å². The molecule has 21 heavy (non-hydrogen) atoms. The molecule has 0 aliphatic heterocycles. The van der Waals surface area contributed by atoms with Crippen LogP contribution in [0.5, 0.6) is 0 Å². The summed E-state index contributed by atoms with van der Waals surface area (Å²) in [6.07, 6.45) is 3.85. The molecule has 0 spiro atoms. The van der Waals surface area contributed by atoms with Gasteiger partial charge in [0.2, 0.25) is 0 Å². The molecule has 2 rings (SSSR count). The Morgan fingerprint density at radius 1 is 1.14 bits per heavy atom. The van der Waals surface area contributed by atoms with Crippen LogP contribution < -0.4 is 5.73 Å². The third-order valence-corrected chi connectivity index (χ3v) is 5.18. The molecule has 0 saturated carbocycles. The highest BCUT2D eigenvalue weighted by Gasteiger charge is 2.08. The Hall–Kier alpha value is -1.37. The van der Waals surface area contributed by atoms with Crippen molar-refractivity contribution in [2.24, 2.45) is 5.73 Å². The molecule has 2 aromatic rings. The topological polar surface area (TPSA) is 73.1 Å². The third-order valence-electron chi connectivity index (χ3n) is 3.07. The molecule has 4 nitrogen and oxygen atoms in total. The van der Waals surface area contributed by atoms with Gasteiger partial charge in [-0.1, -0.05) is 18.7 Å². The largest absolute Gasteiger partial charge is 0.323 e. The first-order chi connectivity index (χ1) is 9.90. The smallest absolute Gasteiger partial charge is 0.175 e. The van der Waals surface area contributed by atoms with Gasteiger partial charge < -0.3 is 5.73 Å². The molecule has 0 bridgehead atoms. The molecule has 0 fully saturated rings. The first-order valence-corrected chi connectivity index (χ1v) is 9.30. The maximum Gasteiger partial charge on any atom is 0.175 e. The Morgan fingerprint density at radius 2 is 1.76 bits per heavy atom. The zero-order chi connectivity index (χ0) is 15.5. The van der Waals surface area contributed by atoms with E-state index < -0.39 is 9.84 Å². The fourth-order valence-electron chi connectivity index (χ4n) is 1.77. The van der Waals surface area contributed by atoms with Crippen LogP contribution in [0, 0.1) is 0 Å². The summed E-state index contributed by atoms with van der Waals surface area (Å²) in [6.45, 7) is 2.03. The van der Waals surface area contributed by atoms with E-state index in [1.165, 1.54) is 18.0 Å². The lowest BCUT2D eigenvalue weighted by molar-refractivity contribution is 0.602. The Labute approximate surface area is 129 Å². The average molecular weight is 322 g/mol. The average Bonchev–Trinajstić information content (AvgIpc) is 2.47. The molecule has 0 aliphatic carbocycles. The molecule has 2 N–H and O–H groups in total. The molecular weight excluding hydrogens is 304 g/mol. The van der Waals surface area contributed by atoms with Crippen molar-refractivity contribution in [1.29, 1.82) is 0 Å². The Morgan fingerprint density at radius 3 is 2.24 bits per heavy atom. The molecule has 1 heterocycles. The summed E-state index contributed by atoms with van der Waals surface area (Å²) in [5, 5.41) is 0. The van der Waals surface area contributed by atoms with Gasteiger partial charge in [-0.05, 0) is 42.8 Å². The lowest BCUT2D eigenvalue weighted by Gasteiger charge is -2.08. The predicted molar refractivity (Wildman–Crippen MR) is 85.1 cm³/mol. The van der Waals surface area contributed by atoms with E-state index in [2.05, 4.69) is 4.98 Å². The standard InChI is InChI=1S/C15H18N2O2S2/c1-3-14(16)15-9-6-12(10-17-15)20-11-4-7-13(8-5-11)21(2,18)19/h4-10,14H,3,16H2,1-2H3/t14-/m1/s1. The summed E-state index contributed by atoms with van der Waals surface area (Å²) in [5.74, 6) is 0. The van der Waals surface area contributed by atoms with Crippen LogP contribution >= 0.6 is 11.8 Å². The molecule has 1 atom stereocenters. The van der Waals surface area contributed by atoms with E-state index in [1.54, 1.807) is 30.5 Å². The Balaban J connectivity index is 2.11. The summed E-state index contributed by atoms with van der Waals surface area (Å²) in [6, 6.07) is 10.7. The third kappa shape index (κ3) is 4.30. The van der Waals surface area contributed by atoms with E-state index in [0.717, 1.165) is 21.9 Å². The van der Waals surface area contributed by atoms with Gasteiger partial charge in [0.1, 0.15) is 0 Å². The minimum absolute atomic E-state index is 0.0295. The second-order valence-corrected chi connectivity index (χ2v) is 7.94. The monoisotopic (exact) mass is 322 g/mol. The number of benzene rings is 1. The molecule has 1 aromatic heterocycles. The normalized spacial score (nSPS) is 13.1. The van der Waals surface area contributed by atoms with E-state index in [9.17, 15) is 8.42 Å². The van der Waals surface area contributed by atoms with Crippen LogP contribution in [0.3, 0.4) is 0 Å². The van der Waals surface area contributed by atoms with E-state index in [1.807, 2.05) is 19.1 Å². The van der Waals surface area contributed by atoms with Crippen molar-refractivity contribution < 1.29 is 8.42 Å². The highest BCUT2D eigenvalue weighted by atomic mass is 32.2. The van der Waals surface area contributed by atoms with Crippen molar-refractivity contribution in [2.45, 2.75) is 34.1 Å². The van der Waals surface area contributed by atoms with Crippen LogP contribution in [0.15, 0.2) is 57.3 Å². The SMILES string of the molecule is CC[C@@H](N)c1ccc(Sc2ccc(S(C)(=O)=O)cc2)cn1. The maximum absolute atomic E-state index is 11.4. The van der Waals surface area contributed by atoms with Gasteiger partial charge in [-0.25, -0.2) is 8.42 Å². The van der Waals surface area contributed by atoms with Crippen LogP contribution in [0.4, 0.5) is 0 Å². The second kappa shape index (κ2) is 6.60. The van der Waals surface area contributed by atoms with Gasteiger partial charge in [0.25, 0.3) is 0 Å². The number of hydrogen-bond donors (Lipinski definition) is 1. The van der Waals surface area contributed by atoms with Crippen LogP contribution in [0.1, 0.15) is 25.1 Å². The van der Waals surface area contributed by atoms with Crippen LogP contribution in [-0.4, -0.2) is 19.7 Å². The number of pyridine rings is 1. The number of rotatable bonds is 5. The quantitative estimate of drug-likeness (QED) is 0.916. The Kier molecular flexibility index (Phi) is 5.03. The van der Waals surface area contributed by atoms with Crippen molar-refractivity contribution in [3.63, 3.8) is 0 Å². The molecule has 0 unspecified atom stereocenters. The highest BCUT2D eigenvalue weighted by Crippen LogP contribution is 2.28. The second-order valence-electron chi connectivity index (χ2n) is 4.78. The lowest BCUT2D eigenvalue weighted by Crippen LogP contribution is -2.10. The number of nitrogens with two attached hydrogens (primary N) is 1. The lowest BCUT2D eigenvalue weighted by atomic mass is 10.1. The van der Waals surface area contributed by atoms with Crippen molar-refractivity contribution in [3.05, 3.63) is 48.3 Å². The molecule has 0 saturated heterocycles. The fourth-order valence-corrected chi connectivity index (χ4v) is 3.19. The van der Waals surface area contributed by atoms with E-state index in [0.29, 0.717) is 4.90 Å².